The molecule has 0 radical (unpaired) electrons. The molecule has 1 aromatic carbocycles. The highest BCUT2D eigenvalue weighted by Gasteiger charge is 2.29. The molecule has 0 saturated heterocycles. The molecule has 0 amide bonds. The van der Waals surface area contributed by atoms with Gasteiger partial charge in [-0.25, -0.2) is 0 Å². The normalized spacial score (nSPS) is 20.2. The summed E-state index contributed by atoms with van der Waals surface area (Å²) in [4.78, 5) is 0. The summed E-state index contributed by atoms with van der Waals surface area (Å²) in [6, 6.07) is 6.07. The quantitative estimate of drug-likeness (QED) is 0.844. The maximum atomic E-state index is 10.5. The predicted molar refractivity (Wildman–Crippen MR) is 83.6 cm³/mol. The van der Waals surface area contributed by atoms with E-state index in [1.54, 1.807) is 0 Å². The Hall–Kier alpha value is -0.0900. The lowest BCUT2D eigenvalue weighted by Crippen LogP contribution is -2.42. The number of halogens is 2. The molecular formula is C15H21BrClNO. The van der Waals surface area contributed by atoms with E-state index in [0.717, 1.165) is 40.7 Å². The zero-order valence-corrected chi connectivity index (χ0v) is 13.6. The van der Waals surface area contributed by atoms with Crippen molar-refractivity contribution in [2.24, 2.45) is 0 Å². The average molecular weight is 347 g/mol. The first-order chi connectivity index (χ1) is 9.00. The van der Waals surface area contributed by atoms with Crippen LogP contribution in [0.4, 0.5) is 0 Å². The van der Waals surface area contributed by atoms with Gasteiger partial charge in [0.2, 0.25) is 0 Å². The van der Waals surface area contributed by atoms with Crippen LogP contribution >= 0.6 is 27.5 Å². The molecule has 2 rings (SSSR count). The van der Waals surface area contributed by atoms with Crippen molar-refractivity contribution in [3.8, 4) is 0 Å². The molecule has 0 spiro atoms. The Bertz CT molecular complexity index is 432. The maximum Gasteiger partial charge on any atom is 0.0771 e. The Morgan fingerprint density at radius 1 is 1.37 bits per heavy atom. The molecule has 2 nitrogen and oxygen atoms in total. The highest BCUT2D eigenvalue weighted by atomic mass is 79.9. The topological polar surface area (TPSA) is 32.3 Å². The van der Waals surface area contributed by atoms with E-state index in [0.29, 0.717) is 6.54 Å². The van der Waals surface area contributed by atoms with Gasteiger partial charge in [-0.15, -0.1) is 0 Å². The Morgan fingerprint density at radius 2 is 2.05 bits per heavy atom. The Labute approximate surface area is 128 Å². The smallest absolute Gasteiger partial charge is 0.0771 e. The Kier molecular flexibility index (Phi) is 5.29. The Morgan fingerprint density at radius 3 is 2.68 bits per heavy atom. The molecule has 0 aliphatic heterocycles. The number of nitrogens with one attached hydrogen (secondary N) is 1. The first-order valence-electron chi connectivity index (χ1n) is 6.91. The third-order valence-corrected chi connectivity index (χ3v) is 4.77. The fourth-order valence-electron chi connectivity index (χ4n) is 2.69. The fourth-order valence-corrected chi connectivity index (χ4v) is 3.53. The van der Waals surface area contributed by atoms with Crippen LogP contribution in [-0.4, -0.2) is 17.3 Å². The zero-order valence-electron chi connectivity index (χ0n) is 11.3. The molecule has 1 aliphatic carbocycles. The molecule has 1 unspecified atom stereocenters. The van der Waals surface area contributed by atoms with Crippen LogP contribution in [0.1, 0.15) is 50.6 Å². The van der Waals surface area contributed by atoms with E-state index in [-0.39, 0.29) is 6.04 Å². The minimum Gasteiger partial charge on any atom is -0.389 e. The summed E-state index contributed by atoms with van der Waals surface area (Å²) in [5.74, 6) is 0. The molecule has 4 heteroatoms. The van der Waals surface area contributed by atoms with E-state index in [9.17, 15) is 5.11 Å². The highest BCUT2D eigenvalue weighted by molar-refractivity contribution is 9.10. The molecule has 0 heterocycles. The van der Waals surface area contributed by atoms with Crippen LogP contribution in [0.5, 0.6) is 0 Å². The third-order valence-electron chi connectivity index (χ3n) is 3.95. The molecular weight excluding hydrogens is 326 g/mol. The first-order valence-corrected chi connectivity index (χ1v) is 8.08. The van der Waals surface area contributed by atoms with Gasteiger partial charge in [-0.05, 0) is 37.5 Å². The van der Waals surface area contributed by atoms with Crippen LogP contribution in [0.3, 0.4) is 0 Å². The van der Waals surface area contributed by atoms with Crippen LogP contribution in [0.2, 0.25) is 5.02 Å². The average Bonchev–Trinajstić information content (AvgIpc) is 2.37. The number of hydrogen-bond donors (Lipinski definition) is 2. The third kappa shape index (κ3) is 4.19. The SMILES string of the molecule is CC(NCC1(O)CCCCC1)c1ccc(Br)cc1Cl. The van der Waals surface area contributed by atoms with Gasteiger partial charge in [-0.3, -0.25) is 0 Å². The summed E-state index contributed by atoms with van der Waals surface area (Å²) in [6.45, 7) is 2.72. The number of benzene rings is 1. The zero-order chi connectivity index (χ0) is 13.9. The number of rotatable bonds is 4. The van der Waals surface area contributed by atoms with Crippen molar-refractivity contribution >= 4 is 27.5 Å². The summed E-state index contributed by atoms with van der Waals surface area (Å²) >= 11 is 9.66. The standard InChI is InChI=1S/C15H21BrClNO/c1-11(13-6-5-12(16)9-14(13)17)18-10-15(19)7-3-2-4-8-15/h5-6,9,11,18-19H,2-4,7-8,10H2,1H3. The van der Waals surface area contributed by atoms with Gasteiger partial charge in [0.25, 0.3) is 0 Å². The Balaban J connectivity index is 1.95. The molecule has 0 bridgehead atoms. The van der Waals surface area contributed by atoms with Crippen LogP contribution in [0.15, 0.2) is 22.7 Å². The van der Waals surface area contributed by atoms with E-state index in [2.05, 4.69) is 28.2 Å². The lowest BCUT2D eigenvalue weighted by atomic mass is 9.84. The van der Waals surface area contributed by atoms with Gasteiger partial charge in [0.1, 0.15) is 0 Å². The van der Waals surface area contributed by atoms with Crippen molar-refractivity contribution in [3.05, 3.63) is 33.3 Å². The lowest BCUT2D eigenvalue weighted by Gasteiger charge is -2.33. The molecule has 2 N–H and O–H groups in total. The number of aliphatic hydroxyl groups is 1. The van der Waals surface area contributed by atoms with Crippen LogP contribution < -0.4 is 5.32 Å². The molecule has 1 aromatic rings. The summed E-state index contributed by atoms with van der Waals surface area (Å²) in [6.07, 6.45) is 5.31. The molecule has 1 fully saturated rings. The van der Waals surface area contributed by atoms with Gasteiger partial charge in [0.05, 0.1) is 5.60 Å². The van der Waals surface area contributed by atoms with Crippen LogP contribution in [0.25, 0.3) is 0 Å². The van der Waals surface area contributed by atoms with Crippen molar-refractivity contribution in [2.45, 2.75) is 50.7 Å². The molecule has 1 aliphatic rings. The maximum absolute atomic E-state index is 10.5. The fraction of sp³-hybridized carbons (Fsp3) is 0.600. The van der Waals surface area contributed by atoms with Crippen molar-refractivity contribution in [2.75, 3.05) is 6.54 Å². The van der Waals surface area contributed by atoms with Crippen LogP contribution in [-0.2, 0) is 0 Å². The van der Waals surface area contributed by atoms with Gasteiger partial charge < -0.3 is 10.4 Å². The van der Waals surface area contributed by atoms with E-state index in [1.807, 2.05) is 18.2 Å². The molecule has 0 aromatic heterocycles. The van der Waals surface area contributed by atoms with E-state index in [1.165, 1.54) is 6.42 Å². The number of hydrogen-bond acceptors (Lipinski definition) is 2. The second-order valence-electron chi connectivity index (χ2n) is 5.55. The largest absolute Gasteiger partial charge is 0.389 e. The molecule has 106 valence electrons. The summed E-state index contributed by atoms with van der Waals surface area (Å²) in [5, 5.41) is 14.7. The lowest BCUT2D eigenvalue weighted by molar-refractivity contribution is 0.00300. The molecule has 1 saturated carbocycles. The molecule has 19 heavy (non-hydrogen) atoms. The van der Waals surface area contributed by atoms with E-state index in [4.69, 9.17) is 11.6 Å². The second kappa shape index (κ2) is 6.57. The highest BCUT2D eigenvalue weighted by Crippen LogP contribution is 2.30. The monoisotopic (exact) mass is 345 g/mol. The minimum absolute atomic E-state index is 0.145. The van der Waals surface area contributed by atoms with Gasteiger partial charge in [-0.2, -0.15) is 0 Å². The van der Waals surface area contributed by atoms with Gasteiger partial charge >= 0.3 is 0 Å². The summed E-state index contributed by atoms with van der Waals surface area (Å²) in [5.41, 5.74) is 0.540. The second-order valence-corrected chi connectivity index (χ2v) is 6.88. The van der Waals surface area contributed by atoms with Crippen molar-refractivity contribution in [3.63, 3.8) is 0 Å². The van der Waals surface area contributed by atoms with E-state index >= 15 is 0 Å². The van der Waals surface area contributed by atoms with Crippen molar-refractivity contribution < 1.29 is 5.11 Å². The van der Waals surface area contributed by atoms with Crippen LogP contribution in [0, 0.1) is 0 Å². The van der Waals surface area contributed by atoms with Gasteiger partial charge in [-0.1, -0.05) is 52.9 Å². The van der Waals surface area contributed by atoms with E-state index < -0.39 is 5.60 Å². The molecule has 1 atom stereocenters. The summed E-state index contributed by atoms with van der Waals surface area (Å²) < 4.78 is 0.986. The van der Waals surface area contributed by atoms with Gasteiger partial charge in [0, 0.05) is 22.1 Å². The summed E-state index contributed by atoms with van der Waals surface area (Å²) in [7, 11) is 0. The van der Waals surface area contributed by atoms with Crippen molar-refractivity contribution in [1.82, 2.24) is 5.32 Å². The first kappa shape index (κ1) is 15.3. The van der Waals surface area contributed by atoms with Gasteiger partial charge in [0.15, 0.2) is 0 Å². The van der Waals surface area contributed by atoms with Crippen molar-refractivity contribution in [1.29, 1.82) is 0 Å². The minimum atomic E-state index is -0.533. The predicted octanol–water partition coefficient (Wildman–Crippen LogP) is 4.45.